The number of carbonyl (C=O) groups excluding carboxylic acids is 1. The van der Waals surface area contributed by atoms with Crippen LogP contribution in [0.4, 0.5) is 8.78 Å². The predicted molar refractivity (Wildman–Crippen MR) is 130 cm³/mol. The van der Waals surface area contributed by atoms with Crippen molar-refractivity contribution < 1.29 is 18.0 Å². The highest BCUT2D eigenvalue weighted by atomic mass is 19.3. The van der Waals surface area contributed by atoms with Crippen LogP contribution in [0.2, 0.25) is 0 Å². The Bertz CT molecular complexity index is 1090. The summed E-state index contributed by atoms with van der Waals surface area (Å²) in [6, 6.07) is 9.27. The number of hydrazone groups is 1. The molecule has 2 aliphatic heterocycles. The van der Waals surface area contributed by atoms with Gasteiger partial charge in [0.15, 0.2) is 5.76 Å². The normalized spacial score (nSPS) is 24.6. The number of amides is 1. The number of para-hydroxylation sites is 1. The van der Waals surface area contributed by atoms with E-state index in [1.165, 1.54) is 6.08 Å². The van der Waals surface area contributed by atoms with Crippen LogP contribution >= 0.6 is 0 Å². The fourth-order valence-electron chi connectivity index (χ4n) is 4.47. The topological polar surface area (TPSA) is 61.4 Å². The van der Waals surface area contributed by atoms with Crippen molar-refractivity contribution in [2.24, 2.45) is 27.8 Å². The minimum Gasteiger partial charge on any atom is -0.451 e. The molecule has 4 unspecified atom stereocenters. The summed E-state index contributed by atoms with van der Waals surface area (Å²) in [5.74, 6) is 0.403. The molecule has 3 heterocycles. The van der Waals surface area contributed by atoms with Crippen molar-refractivity contribution in [1.82, 2.24) is 9.91 Å². The highest BCUT2D eigenvalue weighted by Crippen LogP contribution is 2.35. The van der Waals surface area contributed by atoms with Crippen molar-refractivity contribution in [2.75, 3.05) is 13.1 Å². The van der Waals surface area contributed by atoms with Crippen LogP contribution in [-0.4, -0.2) is 53.4 Å². The molecule has 1 fully saturated rings. The smallest absolute Gasteiger partial charge is 0.289 e. The van der Waals surface area contributed by atoms with Crippen molar-refractivity contribution >= 4 is 28.8 Å². The third-order valence-corrected chi connectivity index (χ3v) is 6.82. The zero-order chi connectivity index (χ0) is 24.4. The largest absolute Gasteiger partial charge is 0.451 e. The Morgan fingerprint density at radius 3 is 2.79 bits per heavy atom. The molecular formula is C26H32F2N4O2. The van der Waals surface area contributed by atoms with Crippen molar-refractivity contribution in [1.29, 1.82) is 0 Å². The van der Waals surface area contributed by atoms with Gasteiger partial charge in [-0.3, -0.25) is 9.79 Å². The Morgan fingerprint density at radius 1 is 1.32 bits per heavy atom. The number of carbonyl (C=O) groups is 1. The van der Waals surface area contributed by atoms with Gasteiger partial charge in [-0.15, -0.1) is 0 Å². The summed E-state index contributed by atoms with van der Waals surface area (Å²) in [5, 5.41) is 7.26. The van der Waals surface area contributed by atoms with Crippen LogP contribution in [0, 0.1) is 17.8 Å². The number of nitrogens with zero attached hydrogens (tertiary/aromatic N) is 4. The van der Waals surface area contributed by atoms with Crippen LogP contribution in [0.15, 0.2) is 56.6 Å². The third-order valence-electron chi connectivity index (χ3n) is 6.82. The maximum Gasteiger partial charge on any atom is 0.289 e. The number of halogens is 2. The van der Waals surface area contributed by atoms with Gasteiger partial charge in [0.2, 0.25) is 0 Å². The number of fused-ring (bicyclic) bond motifs is 1. The number of alkyl halides is 2. The van der Waals surface area contributed by atoms with Gasteiger partial charge in [-0.05, 0) is 49.8 Å². The lowest BCUT2D eigenvalue weighted by molar-refractivity contribution is 0.0574. The molecule has 1 amide bonds. The molecule has 2 aromatic rings. The highest BCUT2D eigenvalue weighted by Gasteiger charge is 2.38. The molecule has 0 spiro atoms. The number of rotatable bonds is 6. The lowest BCUT2D eigenvalue weighted by Crippen LogP contribution is -2.47. The minimum atomic E-state index is -2.66. The predicted octanol–water partition coefficient (Wildman–Crippen LogP) is 5.81. The molecule has 182 valence electrons. The molecule has 0 radical (unpaired) electrons. The number of aliphatic imine (C=N–C) groups is 1. The van der Waals surface area contributed by atoms with Gasteiger partial charge in [0.1, 0.15) is 17.5 Å². The van der Waals surface area contributed by atoms with Gasteiger partial charge in [0.05, 0.1) is 0 Å². The Kier molecular flexibility index (Phi) is 7.14. The second-order valence-electron chi connectivity index (χ2n) is 9.32. The van der Waals surface area contributed by atoms with Crippen LogP contribution in [0.1, 0.15) is 51.1 Å². The van der Waals surface area contributed by atoms with Crippen LogP contribution in [0.25, 0.3) is 11.0 Å². The zero-order valence-electron chi connectivity index (χ0n) is 20.1. The Hall–Kier alpha value is -3.03. The molecule has 0 N–H and O–H groups in total. The van der Waals surface area contributed by atoms with E-state index >= 15 is 0 Å². The molecule has 1 saturated heterocycles. The van der Waals surface area contributed by atoms with E-state index < -0.39 is 12.6 Å². The van der Waals surface area contributed by atoms with E-state index in [2.05, 4.69) is 30.9 Å². The van der Waals surface area contributed by atoms with Crippen LogP contribution < -0.4 is 0 Å². The standard InChI is InChI=1S/C26H32F2N4O2/c1-5-16(2)14-29-32-18(4)30-21(25(27)28)13-22(32)20-15-31(11-10-17(20)3)26(33)24-12-19-8-6-7-9-23(19)34-24/h6-9,12-14,16-18,20,25H,5,10-11,15H2,1-4H3/b29-14-. The number of allylic oxidation sites excluding steroid dienone is 1. The second kappa shape index (κ2) is 10.1. The highest BCUT2D eigenvalue weighted by molar-refractivity contribution is 5.99. The van der Waals surface area contributed by atoms with Crippen molar-refractivity contribution in [3.63, 3.8) is 0 Å². The molecule has 34 heavy (non-hydrogen) atoms. The fourth-order valence-corrected chi connectivity index (χ4v) is 4.47. The lowest BCUT2D eigenvalue weighted by atomic mass is 9.83. The molecular weight excluding hydrogens is 438 g/mol. The molecule has 0 saturated carbocycles. The number of likely N-dealkylation sites (tertiary alicyclic amines) is 1. The maximum absolute atomic E-state index is 13.6. The maximum atomic E-state index is 13.6. The summed E-state index contributed by atoms with van der Waals surface area (Å²) in [4.78, 5) is 19.2. The van der Waals surface area contributed by atoms with Gasteiger partial charge in [-0.1, -0.05) is 39.0 Å². The Morgan fingerprint density at radius 2 is 2.09 bits per heavy atom. The van der Waals surface area contributed by atoms with E-state index in [0.29, 0.717) is 30.1 Å². The summed E-state index contributed by atoms with van der Waals surface area (Å²) in [7, 11) is 0. The van der Waals surface area contributed by atoms with Gasteiger partial charge < -0.3 is 9.32 Å². The molecule has 1 aromatic carbocycles. The van der Waals surface area contributed by atoms with E-state index in [1.807, 2.05) is 30.5 Å². The number of benzene rings is 1. The number of hydrogen-bond acceptors (Lipinski definition) is 5. The molecule has 0 bridgehead atoms. The summed E-state index contributed by atoms with van der Waals surface area (Å²) in [6.07, 6.45) is 1.79. The molecule has 0 aliphatic carbocycles. The Labute approximate surface area is 199 Å². The van der Waals surface area contributed by atoms with Gasteiger partial charge in [0, 0.05) is 36.3 Å². The quantitative estimate of drug-likeness (QED) is 0.500. The van der Waals surface area contributed by atoms with E-state index in [-0.39, 0.29) is 29.4 Å². The lowest BCUT2D eigenvalue weighted by Gasteiger charge is -2.42. The zero-order valence-corrected chi connectivity index (χ0v) is 20.1. The van der Waals surface area contributed by atoms with Gasteiger partial charge in [-0.2, -0.15) is 5.10 Å². The van der Waals surface area contributed by atoms with Crippen molar-refractivity contribution in [3.8, 4) is 0 Å². The van der Waals surface area contributed by atoms with Gasteiger partial charge in [-0.25, -0.2) is 13.8 Å². The molecule has 4 rings (SSSR count). The van der Waals surface area contributed by atoms with E-state index in [9.17, 15) is 13.6 Å². The minimum absolute atomic E-state index is 0.150. The van der Waals surface area contributed by atoms with Crippen LogP contribution in [0.3, 0.4) is 0 Å². The molecule has 4 atom stereocenters. The first-order chi connectivity index (χ1) is 16.3. The average Bonchev–Trinajstić information content (AvgIpc) is 3.27. The molecule has 8 heteroatoms. The first kappa shape index (κ1) is 24.1. The third kappa shape index (κ3) is 4.91. The number of piperidine rings is 1. The van der Waals surface area contributed by atoms with Crippen molar-refractivity contribution in [3.05, 3.63) is 47.9 Å². The SMILES string of the molecule is CCC(C)/C=N\N1C(C2CN(C(=O)c3cc4ccccc4o3)CCC2C)=CC(C(F)F)=NC1C. The van der Waals surface area contributed by atoms with Gasteiger partial charge in [0.25, 0.3) is 12.3 Å². The first-order valence-electron chi connectivity index (χ1n) is 12.0. The molecule has 1 aromatic heterocycles. The second-order valence-corrected chi connectivity index (χ2v) is 9.32. The van der Waals surface area contributed by atoms with Crippen LogP contribution in [0.5, 0.6) is 0 Å². The Balaban J connectivity index is 1.62. The van der Waals surface area contributed by atoms with Crippen molar-refractivity contribution in [2.45, 2.75) is 53.1 Å². The summed E-state index contributed by atoms with van der Waals surface area (Å²) < 4.78 is 33.1. The monoisotopic (exact) mass is 470 g/mol. The summed E-state index contributed by atoms with van der Waals surface area (Å²) in [5.41, 5.74) is 1.12. The van der Waals surface area contributed by atoms with E-state index in [0.717, 1.165) is 18.2 Å². The number of furan rings is 1. The van der Waals surface area contributed by atoms with E-state index in [1.54, 1.807) is 22.9 Å². The van der Waals surface area contributed by atoms with E-state index in [4.69, 9.17) is 4.42 Å². The van der Waals surface area contributed by atoms with Crippen LogP contribution in [-0.2, 0) is 0 Å². The first-order valence-corrected chi connectivity index (χ1v) is 12.0. The molecule has 6 nitrogen and oxygen atoms in total. The summed E-state index contributed by atoms with van der Waals surface area (Å²) in [6.45, 7) is 9.00. The van der Waals surface area contributed by atoms with Gasteiger partial charge >= 0.3 is 0 Å². The fraction of sp³-hybridized carbons (Fsp3) is 0.500. The summed E-state index contributed by atoms with van der Waals surface area (Å²) >= 11 is 0. The average molecular weight is 471 g/mol. The molecule has 2 aliphatic rings. The number of hydrogen-bond donors (Lipinski definition) is 0.